The lowest BCUT2D eigenvalue weighted by Crippen LogP contribution is -2.26. The van der Waals surface area contributed by atoms with E-state index < -0.39 is 17.7 Å². The Bertz CT molecular complexity index is 896. The first-order valence-corrected chi connectivity index (χ1v) is 8.22. The Labute approximate surface area is 145 Å². The van der Waals surface area contributed by atoms with Crippen molar-refractivity contribution < 1.29 is 13.9 Å². The number of rotatable bonds is 5. The van der Waals surface area contributed by atoms with Crippen LogP contribution >= 0.6 is 0 Å². The monoisotopic (exact) mass is 342 g/mol. The summed E-state index contributed by atoms with van der Waals surface area (Å²) in [6.07, 6.45) is 1.61. The number of pyridine rings is 1. The standard InChI is InChI=1S/C20H20F2N2O/c1-12(2)11-24-18(14-6-8-16(21)17(22)10-14)15-7-5-13-4-3-9-23-19(13)20(15)25/h3-10,12,18,24-25H,11H2,1-2H3. The lowest BCUT2D eigenvalue weighted by molar-refractivity contribution is 0.451. The lowest BCUT2D eigenvalue weighted by atomic mass is 9.95. The second-order valence-corrected chi connectivity index (χ2v) is 6.49. The number of benzene rings is 2. The highest BCUT2D eigenvalue weighted by molar-refractivity contribution is 5.85. The maximum atomic E-state index is 13.7. The van der Waals surface area contributed by atoms with Gasteiger partial charge >= 0.3 is 0 Å². The summed E-state index contributed by atoms with van der Waals surface area (Å²) < 4.78 is 27.0. The molecule has 1 atom stereocenters. The zero-order chi connectivity index (χ0) is 18.0. The van der Waals surface area contributed by atoms with Gasteiger partial charge in [-0.05, 0) is 36.2 Å². The minimum absolute atomic E-state index is 0.0455. The normalized spacial score (nSPS) is 12.7. The molecule has 0 aliphatic heterocycles. The van der Waals surface area contributed by atoms with E-state index >= 15 is 0 Å². The Morgan fingerprint density at radius 1 is 1.08 bits per heavy atom. The molecule has 0 saturated carbocycles. The van der Waals surface area contributed by atoms with Crippen LogP contribution in [-0.2, 0) is 0 Å². The smallest absolute Gasteiger partial charge is 0.159 e. The van der Waals surface area contributed by atoms with Crippen LogP contribution in [0, 0.1) is 17.6 Å². The molecule has 1 heterocycles. The van der Waals surface area contributed by atoms with E-state index in [1.54, 1.807) is 18.3 Å². The Morgan fingerprint density at radius 2 is 1.88 bits per heavy atom. The number of halogens is 2. The number of aromatic hydroxyl groups is 1. The molecule has 5 heteroatoms. The van der Waals surface area contributed by atoms with Crippen molar-refractivity contribution in [2.24, 2.45) is 5.92 Å². The summed E-state index contributed by atoms with van der Waals surface area (Å²) in [7, 11) is 0. The molecule has 0 aliphatic rings. The van der Waals surface area contributed by atoms with Crippen molar-refractivity contribution in [1.82, 2.24) is 10.3 Å². The number of phenols is 1. The van der Waals surface area contributed by atoms with E-state index in [9.17, 15) is 13.9 Å². The van der Waals surface area contributed by atoms with Crippen LogP contribution in [0.1, 0.15) is 31.0 Å². The molecule has 2 N–H and O–H groups in total. The molecule has 1 aromatic heterocycles. The highest BCUT2D eigenvalue weighted by atomic mass is 19.2. The van der Waals surface area contributed by atoms with Gasteiger partial charge < -0.3 is 10.4 Å². The molecular weight excluding hydrogens is 322 g/mol. The molecule has 3 aromatic rings. The SMILES string of the molecule is CC(C)CNC(c1ccc(F)c(F)c1)c1ccc2cccnc2c1O. The molecular formula is C20H20F2N2O. The van der Waals surface area contributed by atoms with Gasteiger partial charge in [0.1, 0.15) is 11.3 Å². The first-order valence-electron chi connectivity index (χ1n) is 8.22. The van der Waals surface area contributed by atoms with Crippen LogP contribution in [0.5, 0.6) is 5.75 Å². The topological polar surface area (TPSA) is 45.2 Å². The zero-order valence-electron chi connectivity index (χ0n) is 14.1. The third kappa shape index (κ3) is 3.61. The molecule has 3 nitrogen and oxygen atoms in total. The fourth-order valence-electron chi connectivity index (χ4n) is 2.83. The fraction of sp³-hybridized carbons (Fsp3) is 0.250. The third-order valence-corrected chi connectivity index (χ3v) is 4.10. The van der Waals surface area contributed by atoms with Gasteiger partial charge in [-0.1, -0.05) is 38.1 Å². The van der Waals surface area contributed by atoms with Crippen molar-refractivity contribution in [2.45, 2.75) is 19.9 Å². The van der Waals surface area contributed by atoms with Crippen LogP contribution in [0.3, 0.4) is 0 Å². The van der Waals surface area contributed by atoms with Crippen molar-refractivity contribution in [3.63, 3.8) is 0 Å². The molecule has 0 amide bonds. The predicted octanol–water partition coefficient (Wildman–Crippen LogP) is 4.55. The van der Waals surface area contributed by atoms with Crippen LogP contribution < -0.4 is 5.32 Å². The van der Waals surface area contributed by atoms with Crippen molar-refractivity contribution in [1.29, 1.82) is 0 Å². The average Bonchev–Trinajstić information content (AvgIpc) is 2.59. The number of nitrogens with one attached hydrogen (secondary N) is 1. The van der Waals surface area contributed by atoms with Crippen LogP contribution in [-0.4, -0.2) is 16.6 Å². The van der Waals surface area contributed by atoms with Gasteiger partial charge in [0, 0.05) is 17.1 Å². The summed E-state index contributed by atoms with van der Waals surface area (Å²) in [6.45, 7) is 4.76. The first-order chi connectivity index (χ1) is 12.0. The number of hydrogen-bond acceptors (Lipinski definition) is 3. The maximum absolute atomic E-state index is 13.7. The van der Waals surface area contributed by atoms with Crippen LogP contribution in [0.15, 0.2) is 48.7 Å². The van der Waals surface area contributed by atoms with Crippen LogP contribution in [0.4, 0.5) is 8.78 Å². The van der Waals surface area contributed by atoms with E-state index in [0.717, 1.165) is 17.5 Å². The number of phenolic OH excluding ortho intramolecular Hbond substituents is 1. The van der Waals surface area contributed by atoms with Crippen molar-refractivity contribution in [3.8, 4) is 5.75 Å². The van der Waals surface area contributed by atoms with E-state index in [4.69, 9.17) is 0 Å². The molecule has 0 spiro atoms. The van der Waals surface area contributed by atoms with E-state index in [1.165, 1.54) is 6.07 Å². The summed E-state index contributed by atoms with van der Waals surface area (Å²) in [5.41, 5.74) is 1.61. The highest BCUT2D eigenvalue weighted by Gasteiger charge is 2.21. The van der Waals surface area contributed by atoms with Crippen LogP contribution in [0.25, 0.3) is 10.9 Å². The Morgan fingerprint density at radius 3 is 2.60 bits per heavy atom. The van der Waals surface area contributed by atoms with Gasteiger partial charge in [-0.3, -0.25) is 4.98 Å². The molecule has 2 aromatic carbocycles. The minimum atomic E-state index is -0.910. The molecule has 0 bridgehead atoms. The van der Waals surface area contributed by atoms with Crippen molar-refractivity contribution in [2.75, 3.05) is 6.54 Å². The second-order valence-electron chi connectivity index (χ2n) is 6.49. The van der Waals surface area contributed by atoms with Crippen LogP contribution in [0.2, 0.25) is 0 Å². The highest BCUT2D eigenvalue weighted by Crippen LogP contribution is 2.34. The van der Waals surface area contributed by atoms with Crippen molar-refractivity contribution in [3.05, 3.63) is 71.4 Å². The number of aromatic nitrogens is 1. The van der Waals surface area contributed by atoms with Gasteiger partial charge in [-0.15, -0.1) is 0 Å². The van der Waals surface area contributed by atoms with Gasteiger partial charge in [-0.25, -0.2) is 8.78 Å². The molecule has 130 valence electrons. The summed E-state index contributed by atoms with van der Waals surface area (Å²) in [5, 5.41) is 14.8. The van der Waals surface area contributed by atoms with Gasteiger partial charge in [0.15, 0.2) is 11.6 Å². The molecule has 0 fully saturated rings. The molecule has 0 aliphatic carbocycles. The number of fused-ring (bicyclic) bond motifs is 1. The predicted molar refractivity (Wildman–Crippen MR) is 94.4 cm³/mol. The fourth-order valence-corrected chi connectivity index (χ4v) is 2.83. The van der Waals surface area contributed by atoms with E-state index in [2.05, 4.69) is 24.1 Å². The lowest BCUT2D eigenvalue weighted by Gasteiger charge is -2.22. The van der Waals surface area contributed by atoms with E-state index in [1.807, 2.05) is 12.1 Å². The molecule has 3 rings (SSSR count). The second kappa shape index (κ2) is 7.15. The number of nitrogens with zero attached hydrogens (tertiary/aromatic N) is 1. The largest absolute Gasteiger partial charge is 0.505 e. The summed E-state index contributed by atoms with van der Waals surface area (Å²) in [6, 6.07) is 10.6. The Balaban J connectivity index is 2.10. The van der Waals surface area contributed by atoms with Crippen molar-refractivity contribution >= 4 is 10.9 Å². The van der Waals surface area contributed by atoms with Gasteiger partial charge in [-0.2, -0.15) is 0 Å². The molecule has 25 heavy (non-hydrogen) atoms. The quantitative estimate of drug-likeness (QED) is 0.715. The number of hydrogen-bond donors (Lipinski definition) is 2. The maximum Gasteiger partial charge on any atom is 0.159 e. The third-order valence-electron chi connectivity index (χ3n) is 4.10. The average molecular weight is 342 g/mol. The summed E-state index contributed by atoms with van der Waals surface area (Å²) in [4.78, 5) is 4.23. The first kappa shape index (κ1) is 17.3. The Kier molecular flexibility index (Phi) is 4.95. The molecule has 1 unspecified atom stereocenters. The van der Waals surface area contributed by atoms with E-state index in [0.29, 0.717) is 29.1 Å². The minimum Gasteiger partial charge on any atom is -0.505 e. The molecule has 0 saturated heterocycles. The summed E-state index contributed by atoms with van der Waals surface area (Å²) >= 11 is 0. The molecule has 0 radical (unpaired) electrons. The zero-order valence-corrected chi connectivity index (χ0v) is 14.1. The van der Waals surface area contributed by atoms with Gasteiger partial charge in [0.2, 0.25) is 0 Å². The summed E-state index contributed by atoms with van der Waals surface area (Å²) in [5.74, 6) is -1.40. The Hall–Kier alpha value is -2.53. The van der Waals surface area contributed by atoms with Gasteiger partial charge in [0.25, 0.3) is 0 Å². The van der Waals surface area contributed by atoms with Gasteiger partial charge in [0.05, 0.1) is 6.04 Å². The van der Waals surface area contributed by atoms with E-state index in [-0.39, 0.29) is 5.75 Å².